The van der Waals surface area contributed by atoms with E-state index in [1.165, 1.54) is 0 Å². The molecule has 5 nitrogen and oxygen atoms in total. The van der Waals surface area contributed by atoms with E-state index in [9.17, 15) is 21.6 Å². The second-order valence-corrected chi connectivity index (χ2v) is 3.05. The third-order valence-corrected chi connectivity index (χ3v) is 1.57. The Morgan fingerprint density at radius 1 is 1.62 bits per heavy atom. The SMILES string of the molecule is C=CC(=O)OCCN(F)S(=O)(=O)F. The van der Waals surface area contributed by atoms with Crippen molar-refractivity contribution in [3.63, 3.8) is 0 Å². The summed E-state index contributed by atoms with van der Waals surface area (Å²) >= 11 is 0. The Balaban J connectivity index is 3.79. The summed E-state index contributed by atoms with van der Waals surface area (Å²) in [4.78, 5) is 10.3. The lowest BCUT2D eigenvalue weighted by Crippen LogP contribution is -2.23. The summed E-state index contributed by atoms with van der Waals surface area (Å²) in [5.41, 5.74) is 0. The molecule has 0 heterocycles. The zero-order chi connectivity index (χ0) is 10.5. The lowest BCUT2D eigenvalue weighted by molar-refractivity contribution is -0.138. The summed E-state index contributed by atoms with van der Waals surface area (Å²) in [6.07, 6.45) is 0.812. The van der Waals surface area contributed by atoms with Crippen molar-refractivity contribution in [2.24, 2.45) is 0 Å². The van der Waals surface area contributed by atoms with E-state index in [-0.39, 0.29) is 0 Å². The van der Waals surface area contributed by atoms with Gasteiger partial charge in [0.25, 0.3) is 0 Å². The van der Waals surface area contributed by atoms with Crippen LogP contribution in [0.3, 0.4) is 0 Å². The third kappa shape index (κ3) is 5.26. The molecular formula is C5H7F2NO4S. The molecule has 0 aliphatic rings. The van der Waals surface area contributed by atoms with Crippen LogP contribution in [0.5, 0.6) is 0 Å². The first-order valence-corrected chi connectivity index (χ1v) is 4.39. The van der Waals surface area contributed by atoms with E-state index in [1.54, 1.807) is 0 Å². The highest BCUT2D eigenvalue weighted by atomic mass is 32.3. The molecule has 0 amide bonds. The first-order chi connectivity index (χ1) is 5.88. The van der Waals surface area contributed by atoms with Gasteiger partial charge in [-0.3, -0.25) is 0 Å². The fraction of sp³-hybridized carbons (Fsp3) is 0.400. The number of carbonyl (C=O) groups excluding carboxylic acids is 1. The molecule has 0 aliphatic carbocycles. The molecule has 0 unspecified atom stereocenters. The molecule has 76 valence electrons. The molecule has 0 spiro atoms. The minimum Gasteiger partial charge on any atom is -0.461 e. The minimum atomic E-state index is -5.36. The number of nitrogens with zero attached hydrogens (tertiary/aromatic N) is 1. The zero-order valence-corrected chi connectivity index (χ0v) is 7.26. The van der Waals surface area contributed by atoms with Crippen molar-refractivity contribution in [2.75, 3.05) is 13.2 Å². The number of hydrogen-bond acceptors (Lipinski definition) is 4. The molecule has 0 N–H and O–H groups in total. The molecule has 0 aliphatic heterocycles. The predicted octanol–water partition coefficient (Wildman–Crippen LogP) is 0.116. The van der Waals surface area contributed by atoms with E-state index in [1.807, 2.05) is 0 Å². The fourth-order valence-corrected chi connectivity index (χ4v) is 0.679. The quantitative estimate of drug-likeness (QED) is 0.283. The average molecular weight is 215 g/mol. The predicted molar refractivity (Wildman–Crippen MR) is 39.0 cm³/mol. The van der Waals surface area contributed by atoms with Gasteiger partial charge in [0.15, 0.2) is 0 Å². The highest BCUT2D eigenvalue weighted by molar-refractivity contribution is 7.83. The van der Waals surface area contributed by atoms with Crippen LogP contribution >= 0.6 is 0 Å². The Hall–Kier alpha value is -1.02. The van der Waals surface area contributed by atoms with Gasteiger partial charge in [-0.2, -0.15) is 8.42 Å². The Morgan fingerprint density at radius 3 is 2.54 bits per heavy atom. The lowest BCUT2D eigenvalue weighted by Gasteiger charge is -2.05. The number of halogens is 2. The second kappa shape index (κ2) is 4.87. The van der Waals surface area contributed by atoms with Crippen LogP contribution in [-0.4, -0.2) is 32.1 Å². The van der Waals surface area contributed by atoms with E-state index in [0.29, 0.717) is 0 Å². The Morgan fingerprint density at radius 2 is 2.15 bits per heavy atom. The van der Waals surface area contributed by atoms with Crippen molar-refractivity contribution >= 4 is 16.4 Å². The van der Waals surface area contributed by atoms with Crippen LogP contribution in [-0.2, 0) is 19.9 Å². The van der Waals surface area contributed by atoms with Crippen LogP contribution in [0.15, 0.2) is 12.7 Å². The highest BCUT2D eigenvalue weighted by Crippen LogP contribution is 2.01. The van der Waals surface area contributed by atoms with Gasteiger partial charge in [0.1, 0.15) is 6.61 Å². The zero-order valence-electron chi connectivity index (χ0n) is 6.44. The summed E-state index contributed by atoms with van der Waals surface area (Å²) in [6.45, 7) is 1.56. The summed E-state index contributed by atoms with van der Waals surface area (Å²) in [5.74, 6) is -0.843. The van der Waals surface area contributed by atoms with Crippen molar-refractivity contribution in [1.82, 2.24) is 4.53 Å². The van der Waals surface area contributed by atoms with Gasteiger partial charge < -0.3 is 4.74 Å². The van der Waals surface area contributed by atoms with Crippen LogP contribution in [0.1, 0.15) is 0 Å². The molecule has 0 bridgehead atoms. The largest absolute Gasteiger partial charge is 0.461 e. The van der Waals surface area contributed by atoms with Gasteiger partial charge in [-0.05, 0) is 4.53 Å². The molecule has 0 saturated carbocycles. The van der Waals surface area contributed by atoms with E-state index in [2.05, 4.69) is 11.3 Å². The number of hydrogen-bond donors (Lipinski definition) is 0. The number of carbonyl (C=O) groups is 1. The van der Waals surface area contributed by atoms with Gasteiger partial charge in [0.05, 0.1) is 6.54 Å². The standard InChI is InChI=1S/C5H7F2NO4S/c1-2-5(9)12-4-3-8(6)13(7,10)11/h2H,1,3-4H2. The van der Waals surface area contributed by atoms with Gasteiger partial charge in [0, 0.05) is 6.08 Å². The first-order valence-electron chi connectivity index (χ1n) is 3.05. The molecule has 13 heavy (non-hydrogen) atoms. The highest BCUT2D eigenvalue weighted by Gasteiger charge is 2.20. The van der Waals surface area contributed by atoms with Crippen molar-refractivity contribution in [3.05, 3.63) is 12.7 Å². The summed E-state index contributed by atoms with van der Waals surface area (Å²) in [7, 11) is -5.36. The van der Waals surface area contributed by atoms with E-state index in [0.717, 1.165) is 6.08 Å². The Labute approximate surface area is 73.9 Å². The van der Waals surface area contributed by atoms with E-state index < -0.39 is 34.1 Å². The van der Waals surface area contributed by atoms with Crippen molar-refractivity contribution in [1.29, 1.82) is 0 Å². The van der Waals surface area contributed by atoms with Gasteiger partial charge in [-0.25, -0.2) is 4.79 Å². The van der Waals surface area contributed by atoms with Crippen molar-refractivity contribution < 1.29 is 26.3 Å². The molecule has 0 saturated heterocycles. The molecule has 8 heteroatoms. The molecule has 0 aromatic heterocycles. The van der Waals surface area contributed by atoms with Gasteiger partial charge in [-0.15, -0.1) is 4.48 Å². The lowest BCUT2D eigenvalue weighted by atomic mass is 10.6. The maximum Gasteiger partial charge on any atom is 0.401 e. The first kappa shape index (κ1) is 12.0. The molecule has 0 fully saturated rings. The van der Waals surface area contributed by atoms with E-state index in [4.69, 9.17) is 0 Å². The van der Waals surface area contributed by atoms with Crippen LogP contribution in [0, 0.1) is 0 Å². The third-order valence-electron chi connectivity index (χ3n) is 0.915. The van der Waals surface area contributed by atoms with Gasteiger partial charge in [0.2, 0.25) is 0 Å². The molecule has 0 radical (unpaired) electrons. The Kier molecular flexibility index (Phi) is 4.49. The molecule has 0 rings (SSSR count). The van der Waals surface area contributed by atoms with Crippen molar-refractivity contribution in [3.8, 4) is 0 Å². The van der Waals surface area contributed by atoms with Crippen LogP contribution in [0.4, 0.5) is 8.37 Å². The average Bonchev–Trinajstić information content (AvgIpc) is 2.02. The van der Waals surface area contributed by atoms with Gasteiger partial charge >= 0.3 is 16.4 Å². The smallest absolute Gasteiger partial charge is 0.401 e. The Bertz CT molecular complexity index is 289. The summed E-state index contributed by atoms with van der Waals surface area (Å²) < 4.78 is 46.6. The molecule has 0 aromatic carbocycles. The maximum absolute atomic E-state index is 12.1. The number of ether oxygens (including phenoxy) is 1. The van der Waals surface area contributed by atoms with E-state index >= 15 is 0 Å². The van der Waals surface area contributed by atoms with Crippen LogP contribution < -0.4 is 0 Å². The monoisotopic (exact) mass is 215 g/mol. The topological polar surface area (TPSA) is 63.7 Å². The number of rotatable bonds is 5. The summed E-state index contributed by atoms with van der Waals surface area (Å²) in [5, 5.41) is 0. The minimum absolute atomic E-state index is 0.579. The second-order valence-electron chi connectivity index (χ2n) is 1.82. The normalized spacial score (nSPS) is 11.3. The van der Waals surface area contributed by atoms with Crippen LogP contribution in [0.25, 0.3) is 0 Å². The van der Waals surface area contributed by atoms with Gasteiger partial charge in [-0.1, -0.05) is 10.5 Å². The fourth-order valence-electron chi connectivity index (χ4n) is 0.386. The molecular weight excluding hydrogens is 208 g/mol. The molecule has 0 atom stereocenters. The maximum atomic E-state index is 12.1. The van der Waals surface area contributed by atoms with Crippen molar-refractivity contribution in [2.45, 2.75) is 0 Å². The summed E-state index contributed by atoms with van der Waals surface area (Å²) in [6, 6.07) is 0. The van der Waals surface area contributed by atoms with Crippen LogP contribution in [0.2, 0.25) is 0 Å². The molecule has 0 aromatic rings. The number of esters is 1.